The Kier molecular flexibility index (Phi) is 3.76. The van der Waals surface area contributed by atoms with Crippen LogP contribution < -0.4 is 5.32 Å². The number of hydrogen-bond donors (Lipinski definition) is 1. The Morgan fingerprint density at radius 1 is 1.30 bits per heavy atom. The van der Waals surface area contributed by atoms with Crippen molar-refractivity contribution in [2.24, 2.45) is 0 Å². The predicted octanol–water partition coefficient (Wildman–Crippen LogP) is 2.03. The molecule has 3 rings (SSSR count). The summed E-state index contributed by atoms with van der Waals surface area (Å²) in [5, 5.41) is 3.41. The monoisotopic (exact) mass is 268 g/mol. The lowest BCUT2D eigenvalue weighted by atomic mass is 10.1. The van der Waals surface area contributed by atoms with Gasteiger partial charge in [0, 0.05) is 31.4 Å². The standard InChI is InChI=1S/C16H20N4/c1-12-4-3-5-13(10-12)14-6-7-18-16(19-14)15-11-17-8-9-20(15)2/h3-7,10,15,17H,8-9,11H2,1-2H3. The van der Waals surface area contributed by atoms with Gasteiger partial charge in [-0.05, 0) is 26.1 Å². The summed E-state index contributed by atoms with van der Waals surface area (Å²) in [4.78, 5) is 11.5. The van der Waals surface area contributed by atoms with Gasteiger partial charge in [-0.3, -0.25) is 4.90 Å². The fourth-order valence-electron chi connectivity index (χ4n) is 2.59. The molecule has 1 fully saturated rings. The lowest BCUT2D eigenvalue weighted by Crippen LogP contribution is -2.44. The maximum absolute atomic E-state index is 4.77. The molecule has 1 aromatic heterocycles. The summed E-state index contributed by atoms with van der Waals surface area (Å²) in [5.74, 6) is 0.902. The van der Waals surface area contributed by atoms with Gasteiger partial charge >= 0.3 is 0 Å². The first-order chi connectivity index (χ1) is 9.74. The molecular formula is C16H20N4. The van der Waals surface area contributed by atoms with Crippen molar-refractivity contribution in [1.82, 2.24) is 20.2 Å². The van der Waals surface area contributed by atoms with Crippen LogP contribution in [-0.4, -0.2) is 41.5 Å². The second-order valence-corrected chi connectivity index (χ2v) is 5.37. The van der Waals surface area contributed by atoms with Gasteiger partial charge in [-0.15, -0.1) is 0 Å². The van der Waals surface area contributed by atoms with Crippen LogP contribution >= 0.6 is 0 Å². The van der Waals surface area contributed by atoms with E-state index in [9.17, 15) is 0 Å². The van der Waals surface area contributed by atoms with E-state index in [0.29, 0.717) is 0 Å². The number of hydrogen-bond acceptors (Lipinski definition) is 4. The molecule has 1 atom stereocenters. The number of nitrogens with zero attached hydrogens (tertiary/aromatic N) is 3. The Hall–Kier alpha value is -1.78. The van der Waals surface area contributed by atoms with Crippen molar-refractivity contribution in [2.45, 2.75) is 13.0 Å². The number of rotatable bonds is 2. The molecule has 104 valence electrons. The van der Waals surface area contributed by atoms with Gasteiger partial charge in [0.2, 0.25) is 0 Å². The van der Waals surface area contributed by atoms with Gasteiger partial charge in [-0.1, -0.05) is 23.8 Å². The van der Waals surface area contributed by atoms with Crippen molar-refractivity contribution in [2.75, 3.05) is 26.7 Å². The summed E-state index contributed by atoms with van der Waals surface area (Å²) in [6.45, 7) is 5.07. The summed E-state index contributed by atoms with van der Waals surface area (Å²) in [6.07, 6.45) is 1.86. The first-order valence-electron chi connectivity index (χ1n) is 7.05. The normalized spacial score (nSPS) is 20.0. The van der Waals surface area contributed by atoms with E-state index >= 15 is 0 Å². The van der Waals surface area contributed by atoms with E-state index < -0.39 is 0 Å². The maximum Gasteiger partial charge on any atom is 0.147 e. The average molecular weight is 268 g/mol. The molecule has 2 aromatic rings. The lowest BCUT2D eigenvalue weighted by molar-refractivity contribution is 0.194. The second-order valence-electron chi connectivity index (χ2n) is 5.37. The van der Waals surface area contributed by atoms with Crippen molar-refractivity contribution in [3.05, 3.63) is 47.9 Å². The number of aryl methyl sites for hydroxylation is 1. The topological polar surface area (TPSA) is 41.1 Å². The van der Waals surface area contributed by atoms with Gasteiger partial charge in [0.15, 0.2) is 0 Å². The first kappa shape index (κ1) is 13.2. The minimum absolute atomic E-state index is 0.258. The van der Waals surface area contributed by atoms with E-state index in [1.807, 2.05) is 12.3 Å². The van der Waals surface area contributed by atoms with Crippen LogP contribution in [0.1, 0.15) is 17.4 Å². The van der Waals surface area contributed by atoms with Crippen LogP contribution in [0.3, 0.4) is 0 Å². The predicted molar refractivity (Wildman–Crippen MR) is 80.4 cm³/mol. The van der Waals surface area contributed by atoms with E-state index in [-0.39, 0.29) is 6.04 Å². The molecule has 0 radical (unpaired) electrons. The minimum Gasteiger partial charge on any atom is -0.313 e. The molecule has 1 aliphatic rings. The molecule has 0 spiro atoms. The van der Waals surface area contributed by atoms with Crippen LogP contribution in [0.15, 0.2) is 36.5 Å². The Labute approximate surface area is 119 Å². The zero-order valence-electron chi connectivity index (χ0n) is 12.0. The van der Waals surface area contributed by atoms with Gasteiger partial charge in [-0.25, -0.2) is 9.97 Å². The number of benzene rings is 1. The van der Waals surface area contributed by atoms with E-state index in [1.165, 1.54) is 5.56 Å². The third-order valence-corrected chi connectivity index (χ3v) is 3.80. The van der Waals surface area contributed by atoms with Crippen molar-refractivity contribution in [1.29, 1.82) is 0 Å². The Morgan fingerprint density at radius 2 is 2.20 bits per heavy atom. The molecule has 4 heteroatoms. The molecule has 4 nitrogen and oxygen atoms in total. The van der Waals surface area contributed by atoms with Gasteiger partial charge in [-0.2, -0.15) is 0 Å². The van der Waals surface area contributed by atoms with Gasteiger partial charge in [0.25, 0.3) is 0 Å². The molecular weight excluding hydrogens is 248 g/mol. The molecule has 20 heavy (non-hydrogen) atoms. The van der Waals surface area contributed by atoms with E-state index in [0.717, 1.165) is 36.7 Å². The van der Waals surface area contributed by atoms with Crippen LogP contribution in [0.5, 0.6) is 0 Å². The van der Waals surface area contributed by atoms with Crippen LogP contribution in [0.4, 0.5) is 0 Å². The fraction of sp³-hybridized carbons (Fsp3) is 0.375. The van der Waals surface area contributed by atoms with Crippen molar-refractivity contribution >= 4 is 0 Å². The highest BCUT2D eigenvalue weighted by Crippen LogP contribution is 2.22. The Bertz CT molecular complexity index is 597. The summed E-state index contributed by atoms with van der Waals surface area (Å²) in [5.41, 5.74) is 3.40. The smallest absolute Gasteiger partial charge is 0.147 e. The third-order valence-electron chi connectivity index (χ3n) is 3.80. The van der Waals surface area contributed by atoms with Crippen LogP contribution in [0, 0.1) is 6.92 Å². The fourth-order valence-corrected chi connectivity index (χ4v) is 2.59. The van der Waals surface area contributed by atoms with Crippen LogP contribution in [0.25, 0.3) is 11.3 Å². The molecule has 1 N–H and O–H groups in total. The third kappa shape index (κ3) is 2.71. The minimum atomic E-state index is 0.258. The highest BCUT2D eigenvalue weighted by atomic mass is 15.2. The molecule has 0 aliphatic carbocycles. The zero-order chi connectivity index (χ0) is 13.9. The second kappa shape index (κ2) is 5.69. The molecule has 0 bridgehead atoms. The van der Waals surface area contributed by atoms with Gasteiger partial charge in [0.05, 0.1) is 11.7 Å². The van der Waals surface area contributed by atoms with Crippen molar-refractivity contribution in [3.63, 3.8) is 0 Å². The van der Waals surface area contributed by atoms with E-state index in [2.05, 4.69) is 53.4 Å². The molecule has 1 unspecified atom stereocenters. The zero-order valence-corrected chi connectivity index (χ0v) is 12.0. The maximum atomic E-state index is 4.77. The summed E-state index contributed by atoms with van der Waals surface area (Å²) >= 11 is 0. The summed E-state index contributed by atoms with van der Waals surface area (Å²) in [7, 11) is 2.13. The number of likely N-dealkylation sites (N-methyl/N-ethyl adjacent to an activating group) is 1. The van der Waals surface area contributed by atoms with E-state index in [4.69, 9.17) is 4.98 Å². The highest BCUT2D eigenvalue weighted by molar-refractivity contribution is 5.59. The lowest BCUT2D eigenvalue weighted by Gasteiger charge is -2.31. The SMILES string of the molecule is Cc1cccc(-c2ccnc(C3CNCCN3C)n2)c1. The average Bonchev–Trinajstić information content (AvgIpc) is 2.48. The van der Waals surface area contributed by atoms with Crippen LogP contribution in [0.2, 0.25) is 0 Å². The highest BCUT2D eigenvalue weighted by Gasteiger charge is 2.23. The molecule has 1 aromatic carbocycles. The first-order valence-corrected chi connectivity index (χ1v) is 7.05. The molecule has 0 amide bonds. The summed E-state index contributed by atoms with van der Waals surface area (Å²) in [6, 6.07) is 10.7. The Morgan fingerprint density at radius 3 is 3.00 bits per heavy atom. The Balaban J connectivity index is 1.93. The van der Waals surface area contributed by atoms with Gasteiger partial charge < -0.3 is 5.32 Å². The quantitative estimate of drug-likeness (QED) is 0.905. The van der Waals surface area contributed by atoms with Crippen molar-refractivity contribution < 1.29 is 0 Å². The summed E-state index contributed by atoms with van der Waals surface area (Å²) < 4.78 is 0. The molecule has 2 heterocycles. The number of piperazine rings is 1. The molecule has 1 saturated heterocycles. The number of nitrogens with one attached hydrogen (secondary N) is 1. The largest absolute Gasteiger partial charge is 0.313 e. The van der Waals surface area contributed by atoms with E-state index in [1.54, 1.807) is 0 Å². The number of aromatic nitrogens is 2. The molecule has 0 saturated carbocycles. The van der Waals surface area contributed by atoms with Crippen molar-refractivity contribution in [3.8, 4) is 11.3 Å². The van der Waals surface area contributed by atoms with Gasteiger partial charge in [0.1, 0.15) is 5.82 Å². The molecule has 1 aliphatic heterocycles. The van der Waals surface area contributed by atoms with Crippen LogP contribution in [-0.2, 0) is 0 Å².